The van der Waals surface area contributed by atoms with Crippen LogP contribution in [0.3, 0.4) is 0 Å². The van der Waals surface area contributed by atoms with Crippen LogP contribution in [-0.2, 0) is 4.79 Å². The van der Waals surface area contributed by atoms with Gasteiger partial charge in [-0.05, 0) is 75.0 Å². The molecule has 0 aromatic heterocycles. The zero-order valence-electron chi connectivity index (χ0n) is 11.5. The highest BCUT2D eigenvalue weighted by atomic mass is 16.2. The van der Waals surface area contributed by atoms with Crippen molar-refractivity contribution in [1.29, 1.82) is 0 Å². The van der Waals surface area contributed by atoms with Crippen LogP contribution in [0.2, 0.25) is 0 Å². The van der Waals surface area contributed by atoms with Gasteiger partial charge in [0, 0.05) is 6.54 Å². The largest absolute Gasteiger partial charge is 0.355 e. The molecule has 4 fully saturated rings. The summed E-state index contributed by atoms with van der Waals surface area (Å²) in [6.45, 7) is 2.64. The van der Waals surface area contributed by atoms with Crippen molar-refractivity contribution in [3.05, 3.63) is 0 Å². The van der Waals surface area contributed by atoms with Gasteiger partial charge in [0.05, 0.1) is 6.04 Å². The summed E-state index contributed by atoms with van der Waals surface area (Å²) < 4.78 is 0. The Labute approximate surface area is 110 Å². The van der Waals surface area contributed by atoms with Crippen molar-refractivity contribution in [2.24, 2.45) is 28.9 Å². The van der Waals surface area contributed by atoms with Gasteiger partial charge in [0.2, 0.25) is 5.91 Å². The zero-order chi connectivity index (χ0) is 12.8. The number of likely N-dealkylation sites (N-methyl/N-ethyl adjacent to an activating group) is 1. The number of hydrogen-bond donors (Lipinski definition) is 2. The maximum atomic E-state index is 11.8. The normalized spacial score (nSPS) is 42.9. The van der Waals surface area contributed by atoms with Crippen molar-refractivity contribution < 1.29 is 4.79 Å². The van der Waals surface area contributed by atoms with E-state index in [4.69, 9.17) is 5.73 Å². The van der Waals surface area contributed by atoms with Gasteiger partial charge < -0.3 is 11.1 Å². The molecule has 4 rings (SSSR count). The van der Waals surface area contributed by atoms with Crippen molar-refractivity contribution >= 4 is 5.91 Å². The van der Waals surface area contributed by atoms with E-state index in [2.05, 4.69) is 5.32 Å². The molecule has 0 aromatic carbocycles. The molecule has 3 nitrogen and oxygen atoms in total. The standard InChI is InChI=1S/C15H26N2O/c1-2-17-14(18)13(16)9-15-6-10-3-11(7-15)5-12(4-10)8-15/h10-13H,2-9,16H2,1H3,(H,17,18). The fourth-order valence-electron chi connectivity index (χ4n) is 5.40. The van der Waals surface area contributed by atoms with Crippen molar-refractivity contribution in [2.45, 2.75) is 57.9 Å². The van der Waals surface area contributed by atoms with E-state index in [0.717, 1.165) is 24.2 Å². The van der Waals surface area contributed by atoms with Crippen LogP contribution in [0.4, 0.5) is 0 Å². The summed E-state index contributed by atoms with van der Waals surface area (Å²) in [6.07, 6.45) is 9.30. The molecule has 3 heteroatoms. The fourth-order valence-corrected chi connectivity index (χ4v) is 5.40. The quantitative estimate of drug-likeness (QED) is 0.802. The number of hydrogen-bond acceptors (Lipinski definition) is 2. The minimum absolute atomic E-state index is 0.0493. The summed E-state index contributed by atoms with van der Waals surface area (Å²) in [6, 6.07) is -0.291. The Bertz CT molecular complexity index is 304. The minimum Gasteiger partial charge on any atom is -0.355 e. The predicted octanol–water partition coefficient (Wildman–Crippen LogP) is 2.06. The third-order valence-electron chi connectivity index (χ3n) is 5.51. The first kappa shape index (κ1) is 12.5. The average Bonchev–Trinajstić information content (AvgIpc) is 2.26. The number of nitrogens with two attached hydrogens (primary N) is 1. The number of nitrogens with one attached hydrogen (secondary N) is 1. The first-order valence-corrected chi connectivity index (χ1v) is 7.63. The molecule has 4 bridgehead atoms. The highest BCUT2D eigenvalue weighted by Crippen LogP contribution is 2.61. The molecule has 0 radical (unpaired) electrons. The molecule has 4 saturated carbocycles. The van der Waals surface area contributed by atoms with E-state index < -0.39 is 0 Å². The first-order chi connectivity index (χ1) is 8.60. The minimum atomic E-state index is -0.291. The van der Waals surface area contributed by atoms with Gasteiger partial charge in [-0.25, -0.2) is 0 Å². The van der Waals surface area contributed by atoms with Gasteiger partial charge in [-0.2, -0.15) is 0 Å². The van der Waals surface area contributed by atoms with Crippen LogP contribution < -0.4 is 11.1 Å². The van der Waals surface area contributed by atoms with Crippen LogP contribution in [-0.4, -0.2) is 18.5 Å². The Balaban J connectivity index is 1.66. The molecule has 0 spiro atoms. The lowest BCUT2D eigenvalue weighted by molar-refractivity contribution is -0.125. The van der Waals surface area contributed by atoms with Gasteiger partial charge in [0.15, 0.2) is 0 Å². The molecule has 1 atom stereocenters. The second-order valence-corrected chi connectivity index (χ2v) is 7.12. The van der Waals surface area contributed by atoms with Gasteiger partial charge >= 0.3 is 0 Å². The summed E-state index contributed by atoms with van der Waals surface area (Å²) in [5.74, 6) is 2.88. The van der Waals surface area contributed by atoms with Crippen molar-refractivity contribution in [3.63, 3.8) is 0 Å². The Hall–Kier alpha value is -0.570. The van der Waals surface area contributed by atoms with Crippen LogP contribution in [0.25, 0.3) is 0 Å². The molecule has 0 heterocycles. The Morgan fingerprint density at radius 3 is 2.17 bits per heavy atom. The highest BCUT2D eigenvalue weighted by Gasteiger charge is 2.51. The first-order valence-electron chi connectivity index (χ1n) is 7.63. The van der Waals surface area contributed by atoms with Gasteiger partial charge in [-0.15, -0.1) is 0 Å². The van der Waals surface area contributed by atoms with E-state index in [9.17, 15) is 4.79 Å². The third kappa shape index (κ3) is 2.18. The van der Waals surface area contributed by atoms with E-state index in [1.807, 2.05) is 6.92 Å². The van der Waals surface area contributed by atoms with E-state index in [1.54, 1.807) is 0 Å². The van der Waals surface area contributed by atoms with Crippen LogP contribution in [0, 0.1) is 23.2 Å². The average molecular weight is 250 g/mol. The summed E-state index contributed by atoms with van der Waals surface area (Å²) in [5.41, 5.74) is 6.53. The number of carbonyl (C=O) groups is 1. The van der Waals surface area contributed by atoms with E-state index in [-0.39, 0.29) is 11.9 Å². The Morgan fingerprint density at radius 2 is 1.72 bits per heavy atom. The van der Waals surface area contributed by atoms with Crippen molar-refractivity contribution in [1.82, 2.24) is 5.32 Å². The molecule has 1 unspecified atom stereocenters. The van der Waals surface area contributed by atoms with Gasteiger partial charge in [-0.3, -0.25) is 4.79 Å². The van der Waals surface area contributed by atoms with Crippen LogP contribution in [0.1, 0.15) is 51.9 Å². The summed E-state index contributed by atoms with van der Waals surface area (Å²) in [5, 5.41) is 2.86. The van der Waals surface area contributed by atoms with E-state index in [0.29, 0.717) is 12.0 Å². The maximum Gasteiger partial charge on any atom is 0.236 e. The van der Waals surface area contributed by atoms with Crippen LogP contribution in [0.15, 0.2) is 0 Å². The smallest absolute Gasteiger partial charge is 0.236 e. The summed E-state index contributed by atoms with van der Waals surface area (Å²) >= 11 is 0. The van der Waals surface area contributed by atoms with Gasteiger partial charge in [-0.1, -0.05) is 0 Å². The summed E-state index contributed by atoms with van der Waals surface area (Å²) in [7, 11) is 0. The molecule has 4 aliphatic rings. The molecular weight excluding hydrogens is 224 g/mol. The lowest BCUT2D eigenvalue weighted by Crippen LogP contribution is -2.51. The maximum absolute atomic E-state index is 11.8. The molecule has 4 aliphatic carbocycles. The number of rotatable bonds is 4. The molecule has 1 amide bonds. The third-order valence-corrected chi connectivity index (χ3v) is 5.51. The highest BCUT2D eigenvalue weighted by molar-refractivity contribution is 5.81. The van der Waals surface area contributed by atoms with Crippen LogP contribution in [0.5, 0.6) is 0 Å². The van der Waals surface area contributed by atoms with Crippen molar-refractivity contribution in [3.8, 4) is 0 Å². The predicted molar refractivity (Wildman–Crippen MR) is 71.9 cm³/mol. The van der Waals surface area contributed by atoms with Crippen LogP contribution >= 0.6 is 0 Å². The van der Waals surface area contributed by atoms with Gasteiger partial charge in [0.25, 0.3) is 0 Å². The SMILES string of the molecule is CCNC(=O)C(N)CC12CC3CC(CC(C3)C1)C2. The van der Waals surface area contributed by atoms with E-state index >= 15 is 0 Å². The number of amides is 1. The number of carbonyl (C=O) groups excluding carboxylic acids is 1. The second kappa shape index (κ2) is 4.52. The topological polar surface area (TPSA) is 55.1 Å². The zero-order valence-corrected chi connectivity index (χ0v) is 11.5. The Kier molecular flexibility index (Phi) is 3.13. The van der Waals surface area contributed by atoms with E-state index in [1.165, 1.54) is 38.5 Å². The molecular formula is C15H26N2O. The molecule has 18 heavy (non-hydrogen) atoms. The Morgan fingerprint density at radius 1 is 1.22 bits per heavy atom. The molecule has 0 aromatic rings. The van der Waals surface area contributed by atoms with Gasteiger partial charge in [0.1, 0.15) is 0 Å². The van der Waals surface area contributed by atoms with Crippen molar-refractivity contribution in [2.75, 3.05) is 6.54 Å². The lowest BCUT2D eigenvalue weighted by Gasteiger charge is -2.57. The molecule has 0 saturated heterocycles. The molecule has 3 N–H and O–H groups in total. The lowest BCUT2D eigenvalue weighted by atomic mass is 9.48. The second-order valence-electron chi connectivity index (χ2n) is 7.12. The molecule has 102 valence electrons. The molecule has 0 aliphatic heterocycles. The summed E-state index contributed by atoms with van der Waals surface area (Å²) in [4.78, 5) is 11.8. The monoisotopic (exact) mass is 250 g/mol. The fraction of sp³-hybridized carbons (Fsp3) is 0.933.